The number of carbonyl (C=O) groups is 1. The van der Waals surface area contributed by atoms with Crippen LogP contribution in [0.3, 0.4) is 0 Å². The topological polar surface area (TPSA) is 64.6 Å². The highest BCUT2D eigenvalue weighted by Crippen LogP contribution is 2.32. The van der Waals surface area contributed by atoms with Crippen molar-refractivity contribution in [1.29, 1.82) is 0 Å². The summed E-state index contributed by atoms with van der Waals surface area (Å²) in [5, 5.41) is 0. The van der Waals surface area contributed by atoms with Gasteiger partial charge in [-0.1, -0.05) is 12.1 Å². The molecule has 6 nitrogen and oxygen atoms in total. The van der Waals surface area contributed by atoms with Crippen molar-refractivity contribution in [2.45, 2.75) is 38.0 Å². The van der Waals surface area contributed by atoms with Gasteiger partial charge in [-0.15, -0.1) is 0 Å². The molecule has 0 bridgehead atoms. The summed E-state index contributed by atoms with van der Waals surface area (Å²) in [6.07, 6.45) is 3.23. The predicted molar refractivity (Wildman–Crippen MR) is 91.4 cm³/mol. The van der Waals surface area contributed by atoms with E-state index in [0.29, 0.717) is 24.7 Å². The van der Waals surface area contributed by atoms with Crippen LogP contribution in [0.15, 0.2) is 42.6 Å². The minimum absolute atomic E-state index is 0.0253. The fourth-order valence-corrected chi connectivity index (χ4v) is 3.63. The maximum atomic E-state index is 13.0. The van der Waals surface area contributed by atoms with Crippen LogP contribution in [0.4, 0.5) is 0 Å². The van der Waals surface area contributed by atoms with Gasteiger partial charge in [-0.3, -0.25) is 4.79 Å². The Morgan fingerprint density at radius 3 is 3.00 bits per heavy atom. The zero-order valence-corrected chi connectivity index (χ0v) is 14.2. The third-order valence-corrected chi connectivity index (χ3v) is 4.76. The second-order valence-electron chi connectivity index (χ2n) is 6.49. The number of pyridine rings is 2. The normalized spacial score (nSPS) is 25.5. The van der Waals surface area contributed by atoms with E-state index in [2.05, 4.69) is 9.97 Å². The van der Waals surface area contributed by atoms with Gasteiger partial charge in [0.1, 0.15) is 17.9 Å². The first-order valence-corrected chi connectivity index (χ1v) is 8.66. The molecule has 1 amide bonds. The van der Waals surface area contributed by atoms with Crippen LogP contribution in [0.1, 0.15) is 29.0 Å². The molecule has 130 valence electrons. The number of aryl methyl sites for hydroxylation is 1. The SMILES string of the molecule is Cc1cccc(C(=O)N2C[C@@H](Oc3ccccn3)[C@@H]3OCCC[C@@H]32)n1. The lowest BCUT2D eigenvalue weighted by Gasteiger charge is -2.31. The minimum Gasteiger partial charge on any atom is -0.470 e. The number of carbonyl (C=O) groups excluding carboxylic acids is 1. The molecular weight excluding hydrogens is 318 g/mol. The molecule has 3 atom stereocenters. The van der Waals surface area contributed by atoms with Gasteiger partial charge in [0.25, 0.3) is 5.91 Å². The van der Waals surface area contributed by atoms with E-state index < -0.39 is 0 Å². The van der Waals surface area contributed by atoms with Crippen molar-refractivity contribution in [3.05, 3.63) is 54.0 Å². The molecule has 0 radical (unpaired) electrons. The molecule has 0 N–H and O–H groups in total. The molecule has 4 rings (SSSR count). The van der Waals surface area contributed by atoms with Gasteiger partial charge < -0.3 is 14.4 Å². The molecule has 0 aliphatic carbocycles. The Hall–Kier alpha value is -2.47. The zero-order valence-electron chi connectivity index (χ0n) is 14.2. The summed E-state index contributed by atoms with van der Waals surface area (Å²) in [6.45, 7) is 3.08. The summed E-state index contributed by atoms with van der Waals surface area (Å²) in [5.41, 5.74) is 1.31. The highest BCUT2D eigenvalue weighted by molar-refractivity contribution is 5.93. The average Bonchev–Trinajstić information content (AvgIpc) is 3.01. The molecule has 0 aromatic carbocycles. The molecule has 2 aliphatic rings. The first-order chi connectivity index (χ1) is 12.2. The van der Waals surface area contributed by atoms with E-state index in [0.717, 1.165) is 18.5 Å². The Labute approximate surface area is 146 Å². The number of hydrogen-bond acceptors (Lipinski definition) is 5. The summed E-state index contributed by atoms with van der Waals surface area (Å²) in [7, 11) is 0. The third-order valence-electron chi connectivity index (χ3n) is 4.76. The second kappa shape index (κ2) is 6.80. The van der Waals surface area contributed by atoms with Crippen LogP contribution in [0.25, 0.3) is 0 Å². The number of ether oxygens (including phenoxy) is 2. The predicted octanol–water partition coefficient (Wildman–Crippen LogP) is 2.24. The molecule has 2 aliphatic heterocycles. The van der Waals surface area contributed by atoms with Crippen molar-refractivity contribution in [3.8, 4) is 5.88 Å². The lowest BCUT2D eigenvalue weighted by Crippen LogP contribution is -2.44. The summed E-state index contributed by atoms with van der Waals surface area (Å²) in [5.74, 6) is 0.500. The fraction of sp³-hybridized carbons (Fsp3) is 0.421. The average molecular weight is 339 g/mol. The molecule has 2 fully saturated rings. The number of aromatic nitrogens is 2. The summed E-state index contributed by atoms with van der Waals surface area (Å²) in [6, 6.07) is 11.1. The van der Waals surface area contributed by atoms with Gasteiger partial charge in [0.05, 0.1) is 12.6 Å². The van der Waals surface area contributed by atoms with Crippen LogP contribution in [-0.4, -0.2) is 52.2 Å². The molecule has 2 aromatic heterocycles. The van der Waals surface area contributed by atoms with Crippen molar-refractivity contribution in [2.75, 3.05) is 13.2 Å². The zero-order chi connectivity index (χ0) is 17.2. The van der Waals surface area contributed by atoms with Crippen LogP contribution >= 0.6 is 0 Å². The first-order valence-electron chi connectivity index (χ1n) is 8.66. The standard InChI is InChI=1S/C19H21N3O3/c1-13-6-4-7-14(21-13)19(23)22-12-16(18-15(22)8-5-11-24-18)25-17-9-2-3-10-20-17/h2-4,6-7,9-10,15-16,18H,5,8,11-12H2,1H3/t15-,16+,18+/m0/s1. The van der Waals surface area contributed by atoms with E-state index >= 15 is 0 Å². The largest absolute Gasteiger partial charge is 0.470 e. The molecule has 2 saturated heterocycles. The highest BCUT2D eigenvalue weighted by atomic mass is 16.5. The van der Waals surface area contributed by atoms with Gasteiger partial charge in [0.15, 0.2) is 0 Å². The fourth-order valence-electron chi connectivity index (χ4n) is 3.63. The lowest BCUT2D eigenvalue weighted by molar-refractivity contribution is -0.0455. The van der Waals surface area contributed by atoms with Crippen molar-refractivity contribution in [2.24, 2.45) is 0 Å². The smallest absolute Gasteiger partial charge is 0.272 e. The molecule has 6 heteroatoms. The van der Waals surface area contributed by atoms with Gasteiger partial charge in [-0.2, -0.15) is 0 Å². The van der Waals surface area contributed by atoms with E-state index in [9.17, 15) is 4.79 Å². The Balaban J connectivity index is 1.57. The molecule has 0 spiro atoms. The number of rotatable bonds is 3. The number of amides is 1. The van der Waals surface area contributed by atoms with Crippen LogP contribution in [0.5, 0.6) is 5.88 Å². The quantitative estimate of drug-likeness (QED) is 0.858. The Morgan fingerprint density at radius 1 is 1.28 bits per heavy atom. The maximum Gasteiger partial charge on any atom is 0.272 e. The van der Waals surface area contributed by atoms with E-state index in [-0.39, 0.29) is 24.2 Å². The lowest BCUT2D eigenvalue weighted by atomic mass is 10.0. The third kappa shape index (κ3) is 3.22. The van der Waals surface area contributed by atoms with Gasteiger partial charge in [-0.25, -0.2) is 9.97 Å². The molecule has 2 aromatic rings. The van der Waals surface area contributed by atoms with Crippen molar-refractivity contribution in [3.63, 3.8) is 0 Å². The molecule has 0 unspecified atom stereocenters. The van der Waals surface area contributed by atoms with Gasteiger partial charge >= 0.3 is 0 Å². The van der Waals surface area contributed by atoms with Crippen molar-refractivity contribution in [1.82, 2.24) is 14.9 Å². The first kappa shape index (κ1) is 16.0. The Bertz CT molecular complexity index is 753. The van der Waals surface area contributed by atoms with Gasteiger partial charge in [0, 0.05) is 24.6 Å². The number of hydrogen-bond donors (Lipinski definition) is 0. The summed E-state index contributed by atoms with van der Waals surface area (Å²) < 4.78 is 12.0. The number of nitrogens with zero attached hydrogens (tertiary/aromatic N) is 3. The monoisotopic (exact) mass is 339 g/mol. The summed E-state index contributed by atoms with van der Waals surface area (Å²) >= 11 is 0. The van der Waals surface area contributed by atoms with Crippen molar-refractivity contribution < 1.29 is 14.3 Å². The Morgan fingerprint density at radius 2 is 2.20 bits per heavy atom. The molecular formula is C19H21N3O3. The second-order valence-corrected chi connectivity index (χ2v) is 6.49. The summed E-state index contributed by atoms with van der Waals surface area (Å²) in [4.78, 5) is 23.5. The van der Waals surface area contributed by atoms with Crippen LogP contribution in [0.2, 0.25) is 0 Å². The van der Waals surface area contributed by atoms with Crippen molar-refractivity contribution >= 4 is 5.91 Å². The highest BCUT2D eigenvalue weighted by Gasteiger charge is 2.47. The molecule has 25 heavy (non-hydrogen) atoms. The van der Waals surface area contributed by atoms with Crippen LogP contribution < -0.4 is 4.74 Å². The van der Waals surface area contributed by atoms with Gasteiger partial charge in [0.2, 0.25) is 5.88 Å². The molecule has 0 saturated carbocycles. The number of fused-ring (bicyclic) bond motifs is 1. The minimum atomic E-state index is -0.214. The number of likely N-dealkylation sites (tertiary alicyclic amines) is 1. The molecule has 4 heterocycles. The van der Waals surface area contributed by atoms with E-state index in [4.69, 9.17) is 9.47 Å². The van der Waals surface area contributed by atoms with E-state index in [1.54, 1.807) is 12.3 Å². The van der Waals surface area contributed by atoms with Crippen LogP contribution in [-0.2, 0) is 4.74 Å². The Kier molecular flexibility index (Phi) is 4.36. The van der Waals surface area contributed by atoms with E-state index in [1.165, 1.54) is 0 Å². The van der Waals surface area contributed by atoms with Crippen LogP contribution in [0, 0.1) is 6.92 Å². The van der Waals surface area contributed by atoms with Gasteiger partial charge in [-0.05, 0) is 38.0 Å². The maximum absolute atomic E-state index is 13.0. The van der Waals surface area contributed by atoms with E-state index in [1.807, 2.05) is 42.2 Å².